The van der Waals surface area contributed by atoms with Gasteiger partial charge in [0.2, 0.25) is 13.6 Å². The van der Waals surface area contributed by atoms with E-state index < -0.39 is 47.6 Å². The number of hydrogen-bond acceptors (Lipinski definition) is 27. The molecule has 0 N–H and O–H groups in total. The van der Waals surface area contributed by atoms with Crippen molar-refractivity contribution in [2.24, 2.45) is 0 Å². The molecule has 28 heteroatoms. The molecule has 0 heterocycles. The summed E-state index contributed by atoms with van der Waals surface area (Å²) in [5, 5.41) is 0. The third-order valence-electron chi connectivity index (χ3n) is 20.8. The lowest BCUT2D eigenvalue weighted by Crippen LogP contribution is -2.11. The van der Waals surface area contributed by atoms with Crippen LogP contribution in [0.4, 0.5) is 4.39 Å². The third-order valence-corrected chi connectivity index (χ3v) is 20.8. The van der Waals surface area contributed by atoms with Gasteiger partial charge in [-0.2, -0.15) is 0 Å². The number of allylic oxidation sites excluding steroid dienone is 1. The average Bonchev–Trinajstić information content (AvgIpc) is 0.841. The van der Waals surface area contributed by atoms with Crippen molar-refractivity contribution in [1.29, 1.82) is 0 Å². The fourth-order valence-corrected chi connectivity index (χ4v) is 12.1. The molecule has 0 spiro atoms. The highest BCUT2D eigenvalue weighted by Gasteiger charge is 2.19. The minimum absolute atomic E-state index is 0.000847. The van der Waals surface area contributed by atoms with Gasteiger partial charge in [-0.15, -0.1) is 0 Å². The van der Waals surface area contributed by atoms with E-state index in [1.807, 2.05) is 60.7 Å². The third kappa shape index (κ3) is 40.4. The van der Waals surface area contributed by atoms with Gasteiger partial charge in [0, 0.05) is 54.9 Å². The van der Waals surface area contributed by atoms with Gasteiger partial charge in [0.15, 0.2) is 43.0 Å². The quantitative estimate of drug-likeness (QED) is 0.0112. The van der Waals surface area contributed by atoms with Crippen molar-refractivity contribution in [3.05, 3.63) is 426 Å². The number of carbonyl (C=O) groups is 13. The Hall–Kier alpha value is -17.8. The maximum Gasteiger partial charge on any atom is 0.343 e. The number of Topliss-reactive ketones (excluding diaryl/α,β-unsaturated/α-hetero) is 4. The van der Waals surface area contributed by atoms with E-state index in [0.29, 0.717) is 121 Å². The molecule has 0 aromatic heterocycles. The molecule has 11 rings (SSSR count). The second-order valence-electron chi connectivity index (χ2n) is 32.9. The Kier molecular flexibility index (Phi) is 45.9. The zero-order chi connectivity index (χ0) is 106. The molecule has 0 atom stereocenters. The zero-order valence-corrected chi connectivity index (χ0v) is 82.3. The molecule has 0 saturated heterocycles. The van der Waals surface area contributed by atoms with Crippen LogP contribution in [0.3, 0.4) is 0 Å². The predicted molar refractivity (Wildman–Crippen MR) is 547 cm³/mol. The first kappa shape index (κ1) is 113. The molecule has 0 aliphatic carbocycles. The normalized spacial score (nSPS) is 10.2. The second-order valence-corrected chi connectivity index (χ2v) is 32.9. The van der Waals surface area contributed by atoms with Crippen LogP contribution in [0, 0.1) is 5.82 Å². The minimum atomic E-state index is -0.560. The first-order valence-corrected chi connectivity index (χ1v) is 45.7. The molecule has 0 unspecified atom stereocenters. The van der Waals surface area contributed by atoms with E-state index in [0.717, 1.165) is 56.1 Å². The topological polar surface area (TPSA) is 351 Å². The first-order chi connectivity index (χ1) is 69.8. The van der Waals surface area contributed by atoms with Crippen molar-refractivity contribution in [3.8, 4) is 62.5 Å². The van der Waals surface area contributed by atoms with Crippen LogP contribution in [0.2, 0.25) is 0 Å². The van der Waals surface area contributed by atoms with E-state index >= 15 is 0 Å². The summed E-state index contributed by atoms with van der Waals surface area (Å²) >= 11 is 0. The molecule has 0 aliphatic rings. The fourth-order valence-electron chi connectivity index (χ4n) is 12.1. The number of rotatable bonds is 49. The van der Waals surface area contributed by atoms with Gasteiger partial charge in [-0.3, -0.25) is 24.0 Å². The standard InChI is InChI=1S/C32H30O7.C31H29FO7.C30H28O6.C25H26O7/c1-21(2)29(33)19-24-5-12-26(13-6-24)32(36)39-28-14-7-23(8-15-28)11-18-30(34)38-27-16-9-25(10-17-27)20-37-31(35)22(3)4;1-20(2)29(33)18-37-26-11-7-22(8-12-26)25-6-5-23(28(32)17-25)15-16-36-31(35)24-9-13-27(14-10-24)38-19-39-30(34)21(3)4;1-4-29(32)36-19-23-5-9-24(10-6-23)25-11-13-26(14-12-25)30(33)34-18-17-22-7-15-27(16-8-22)35-20-28(31)21(2)3;1-17(2)23(26)15-30-21-9-5-19(6-10-21)13-14-29-25(28)20-7-11-22(12-8-20)31-16-32-24(27)18(3)4/h5-10,12-17H,1,3,11,18-20H2,2,4H3;5-14,17H,1,3,15-16,18-19H2,2,4H3;4-16H,1-2,17-20H2,3H3;5-12H,1,3,13-16H2,2,4H3. The summed E-state index contributed by atoms with van der Waals surface area (Å²) in [6.45, 7) is 39.6. The maximum atomic E-state index is 14.7. The molecule has 0 bridgehead atoms. The van der Waals surface area contributed by atoms with Crippen molar-refractivity contribution in [2.75, 3.05) is 53.2 Å². The second kappa shape index (κ2) is 59.0. The van der Waals surface area contributed by atoms with Gasteiger partial charge in [0.05, 0.1) is 42.1 Å². The Balaban J connectivity index is 0.000000238. The van der Waals surface area contributed by atoms with E-state index in [1.165, 1.54) is 25.1 Å². The number of esters is 9. The summed E-state index contributed by atoms with van der Waals surface area (Å²) in [6, 6.07) is 73.9. The largest absolute Gasteiger partial charge is 0.485 e. The molecule has 754 valence electrons. The van der Waals surface area contributed by atoms with Crippen molar-refractivity contribution in [2.45, 2.75) is 100 Å². The number of aryl methyl sites for hydroxylation is 1. The molecule has 146 heavy (non-hydrogen) atoms. The number of ketones is 4. The lowest BCUT2D eigenvalue weighted by Gasteiger charge is -2.10. The molecule has 11 aromatic carbocycles. The number of halogens is 1. The lowest BCUT2D eigenvalue weighted by atomic mass is 10.0. The Morgan fingerprint density at radius 2 is 0.568 bits per heavy atom. The SMILES string of the molecule is C=C(C)C(=O)COc1ccc(-c2ccc(CCOC(=O)c3ccc(OCOC(=O)C(=C)C)cc3)c(F)c2)cc1.C=C(C)C(=O)COc1ccc(CCOC(=O)c2ccc(OCOC(=O)C(=C)C)cc2)cc1.C=C(C)C(=O)Cc1ccc(C(=O)Oc2ccc(CCC(=O)Oc3ccc(COC(=O)C(=C)C)cc3)cc2)cc1.C=CC(=O)OCc1ccc(-c2ccc(C(=O)OCCc3ccc(OCC(=O)C(=C)C)cc3)cc2)cc1. The van der Waals surface area contributed by atoms with Gasteiger partial charge in [0.25, 0.3) is 0 Å². The Morgan fingerprint density at radius 3 is 0.966 bits per heavy atom. The molecule has 0 radical (unpaired) electrons. The molecular formula is C118H113FO27. The Labute approximate surface area is 846 Å². The van der Waals surface area contributed by atoms with E-state index in [2.05, 4.69) is 52.6 Å². The van der Waals surface area contributed by atoms with Gasteiger partial charge in [-0.25, -0.2) is 42.7 Å². The fraction of sp³-hybridized carbons (Fsp3) is 0.195. The predicted octanol–water partition coefficient (Wildman–Crippen LogP) is 21.2. The highest BCUT2D eigenvalue weighted by atomic mass is 19.1. The monoisotopic (exact) mass is 1980 g/mol. The number of ether oxygens (including phenoxy) is 14. The van der Waals surface area contributed by atoms with Crippen LogP contribution in [-0.4, -0.2) is 130 Å². The van der Waals surface area contributed by atoms with E-state index in [9.17, 15) is 66.7 Å². The Morgan fingerprint density at radius 1 is 0.274 bits per heavy atom. The highest BCUT2D eigenvalue weighted by Crippen LogP contribution is 2.29. The summed E-state index contributed by atoms with van der Waals surface area (Å²) in [5.74, 6) is -1.91. The molecule has 0 amide bonds. The minimum Gasteiger partial charge on any atom is -0.485 e. The van der Waals surface area contributed by atoms with Crippen LogP contribution in [0.1, 0.15) is 135 Å². The summed E-state index contributed by atoms with van der Waals surface area (Å²) in [7, 11) is 0. The maximum absolute atomic E-state index is 14.7. The molecule has 0 saturated carbocycles. The summed E-state index contributed by atoms with van der Waals surface area (Å²) in [6.07, 6.45) is 3.28. The van der Waals surface area contributed by atoms with Crippen molar-refractivity contribution >= 4 is 76.9 Å². The van der Waals surface area contributed by atoms with Crippen LogP contribution in [-0.2, 0) is 122 Å². The van der Waals surface area contributed by atoms with Crippen LogP contribution >= 0.6 is 0 Å². The van der Waals surface area contributed by atoms with Gasteiger partial charge in [-0.05, 0) is 278 Å². The average molecular weight is 1980 g/mol. The van der Waals surface area contributed by atoms with E-state index in [-0.39, 0.29) is 132 Å². The summed E-state index contributed by atoms with van der Waals surface area (Å²) in [5.41, 5.74) is 13.3. The smallest absolute Gasteiger partial charge is 0.343 e. The summed E-state index contributed by atoms with van der Waals surface area (Å²) < 4.78 is 88.2. The van der Waals surface area contributed by atoms with E-state index in [4.69, 9.17) is 66.3 Å². The molecule has 11 aromatic rings. The van der Waals surface area contributed by atoms with Crippen molar-refractivity contribution in [1.82, 2.24) is 0 Å². The molecule has 27 nitrogen and oxygen atoms in total. The lowest BCUT2D eigenvalue weighted by molar-refractivity contribution is -0.146. The highest BCUT2D eigenvalue weighted by molar-refractivity contribution is 5.98. The van der Waals surface area contributed by atoms with Crippen LogP contribution in [0.15, 0.2) is 359 Å². The number of benzene rings is 11. The molecule has 0 fully saturated rings. The van der Waals surface area contributed by atoms with Crippen molar-refractivity contribution in [3.63, 3.8) is 0 Å². The van der Waals surface area contributed by atoms with Gasteiger partial charge < -0.3 is 66.3 Å². The number of hydrogen-bond donors (Lipinski definition) is 0. The first-order valence-electron chi connectivity index (χ1n) is 45.7. The van der Waals surface area contributed by atoms with Crippen LogP contribution < -0.4 is 33.2 Å². The van der Waals surface area contributed by atoms with Crippen LogP contribution in [0.25, 0.3) is 22.3 Å². The zero-order valence-electron chi connectivity index (χ0n) is 82.3. The van der Waals surface area contributed by atoms with Crippen molar-refractivity contribution < 1.29 is 133 Å². The van der Waals surface area contributed by atoms with E-state index in [1.54, 1.807) is 224 Å². The Bertz CT molecular complexity index is 6490. The summed E-state index contributed by atoms with van der Waals surface area (Å²) in [4.78, 5) is 153. The number of carbonyl (C=O) groups excluding carboxylic acids is 13. The molecular weight excluding hydrogens is 1870 g/mol. The van der Waals surface area contributed by atoms with Gasteiger partial charge >= 0.3 is 53.7 Å². The van der Waals surface area contributed by atoms with Gasteiger partial charge in [-0.1, -0.05) is 174 Å². The molecule has 0 aliphatic heterocycles. The van der Waals surface area contributed by atoms with Crippen LogP contribution in [0.5, 0.6) is 40.2 Å². The van der Waals surface area contributed by atoms with Gasteiger partial charge in [0.1, 0.15) is 59.3 Å².